The summed E-state index contributed by atoms with van der Waals surface area (Å²) in [5, 5.41) is 8.31. The first-order chi connectivity index (χ1) is 6.70. The van der Waals surface area contributed by atoms with Crippen LogP contribution in [0.4, 0.5) is 0 Å². The average molecular weight is 194 g/mol. The molecule has 1 heterocycles. The molecule has 4 nitrogen and oxygen atoms in total. The molecule has 1 aliphatic rings. The zero-order chi connectivity index (χ0) is 10.1. The van der Waals surface area contributed by atoms with E-state index in [-0.39, 0.29) is 6.04 Å². The summed E-state index contributed by atoms with van der Waals surface area (Å²) in [4.78, 5) is 0. The van der Waals surface area contributed by atoms with Gasteiger partial charge in [0.1, 0.15) is 11.6 Å². The predicted molar refractivity (Wildman–Crippen MR) is 54.9 cm³/mol. The van der Waals surface area contributed by atoms with Gasteiger partial charge in [-0.25, -0.2) is 0 Å². The Morgan fingerprint density at radius 1 is 1.29 bits per heavy atom. The topological polar surface area (TPSA) is 56.7 Å². The van der Waals surface area contributed by atoms with Crippen LogP contribution in [0.5, 0.6) is 0 Å². The fourth-order valence-corrected chi connectivity index (χ4v) is 2.23. The lowest BCUT2D eigenvalue weighted by atomic mass is 9.84. The molecule has 0 aliphatic heterocycles. The summed E-state index contributed by atoms with van der Waals surface area (Å²) in [5.74, 6) is 2.45. The van der Waals surface area contributed by atoms with Crippen molar-refractivity contribution in [3.05, 3.63) is 11.6 Å². The van der Waals surface area contributed by atoms with Gasteiger partial charge in [0.25, 0.3) is 0 Å². The van der Waals surface area contributed by atoms with Crippen molar-refractivity contribution in [2.24, 2.45) is 12.8 Å². The molecule has 0 saturated heterocycles. The summed E-state index contributed by atoms with van der Waals surface area (Å²) in [6.45, 7) is 1.98. The van der Waals surface area contributed by atoms with Gasteiger partial charge in [-0.05, 0) is 19.8 Å². The molecule has 0 radical (unpaired) electrons. The lowest BCUT2D eigenvalue weighted by molar-refractivity contribution is 0.366. The first kappa shape index (κ1) is 9.65. The molecule has 1 fully saturated rings. The standard InChI is InChI=1S/C10H18N4/c1-7-12-13-10(14(7)2)8-5-3-4-6-9(8)11/h8-9H,3-6,11H2,1-2H3. The highest BCUT2D eigenvalue weighted by Gasteiger charge is 2.27. The van der Waals surface area contributed by atoms with Crippen molar-refractivity contribution in [1.29, 1.82) is 0 Å². The van der Waals surface area contributed by atoms with Gasteiger partial charge in [0.15, 0.2) is 0 Å². The average Bonchev–Trinajstić information content (AvgIpc) is 2.49. The molecular weight excluding hydrogens is 176 g/mol. The third-order valence-electron chi connectivity index (χ3n) is 3.28. The Labute approximate surface area is 84.5 Å². The number of aromatic nitrogens is 3. The van der Waals surface area contributed by atoms with E-state index in [1.807, 2.05) is 14.0 Å². The second-order valence-electron chi connectivity index (χ2n) is 4.22. The van der Waals surface area contributed by atoms with E-state index in [4.69, 9.17) is 5.73 Å². The Balaban J connectivity index is 2.24. The molecule has 2 atom stereocenters. The Morgan fingerprint density at radius 2 is 2.00 bits per heavy atom. The molecule has 2 rings (SSSR count). The van der Waals surface area contributed by atoms with Crippen molar-refractivity contribution in [1.82, 2.24) is 14.8 Å². The smallest absolute Gasteiger partial charge is 0.137 e. The van der Waals surface area contributed by atoms with Crippen molar-refractivity contribution in [2.45, 2.75) is 44.6 Å². The molecule has 0 spiro atoms. The zero-order valence-corrected chi connectivity index (χ0v) is 8.90. The molecule has 0 bridgehead atoms. The quantitative estimate of drug-likeness (QED) is 0.728. The van der Waals surface area contributed by atoms with Crippen LogP contribution in [0.1, 0.15) is 43.3 Å². The zero-order valence-electron chi connectivity index (χ0n) is 8.90. The van der Waals surface area contributed by atoms with Gasteiger partial charge in [-0.2, -0.15) is 0 Å². The molecule has 1 saturated carbocycles. The minimum atomic E-state index is 0.269. The largest absolute Gasteiger partial charge is 0.327 e. The molecule has 0 aromatic carbocycles. The van der Waals surface area contributed by atoms with E-state index in [1.165, 1.54) is 12.8 Å². The molecular formula is C10H18N4. The second kappa shape index (κ2) is 3.69. The monoisotopic (exact) mass is 194 g/mol. The molecule has 2 N–H and O–H groups in total. The van der Waals surface area contributed by atoms with Crippen LogP contribution in [-0.4, -0.2) is 20.8 Å². The van der Waals surface area contributed by atoms with Crippen LogP contribution in [0.3, 0.4) is 0 Å². The lowest BCUT2D eigenvalue weighted by Gasteiger charge is -2.27. The first-order valence-electron chi connectivity index (χ1n) is 5.31. The Morgan fingerprint density at radius 3 is 2.57 bits per heavy atom. The summed E-state index contributed by atoms with van der Waals surface area (Å²) in [5.41, 5.74) is 6.11. The van der Waals surface area contributed by atoms with Gasteiger partial charge < -0.3 is 10.3 Å². The number of nitrogens with zero attached hydrogens (tertiary/aromatic N) is 3. The van der Waals surface area contributed by atoms with Crippen LogP contribution >= 0.6 is 0 Å². The molecule has 1 aliphatic carbocycles. The molecule has 2 unspecified atom stereocenters. The van der Waals surface area contributed by atoms with Gasteiger partial charge in [-0.1, -0.05) is 12.8 Å². The second-order valence-corrected chi connectivity index (χ2v) is 4.22. The summed E-state index contributed by atoms with van der Waals surface area (Å²) in [6.07, 6.45) is 4.81. The van der Waals surface area contributed by atoms with Crippen LogP contribution in [-0.2, 0) is 7.05 Å². The van der Waals surface area contributed by atoms with Crippen molar-refractivity contribution in [3.63, 3.8) is 0 Å². The molecule has 14 heavy (non-hydrogen) atoms. The highest BCUT2D eigenvalue weighted by Crippen LogP contribution is 2.30. The normalized spacial score (nSPS) is 27.9. The van der Waals surface area contributed by atoms with E-state index in [0.717, 1.165) is 24.5 Å². The number of rotatable bonds is 1. The Bertz CT molecular complexity index is 318. The van der Waals surface area contributed by atoms with Crippen molar-refractivity contribution in [2.75, 3.05) is 0 Å². The Hall–Kier alpha value is -0.900. The fourth-order valence-electron chi connectivity index (χ4n) is 2.23. The maximum absolute atomic E-state index is 6.11. The summed E-state index contributed by atoms with van der Waals surface area (Å²) >= 11 is 0. The van der Waals surface area contributed by atoms with Gasteiger partial charge >= 0.3 is 0 Å². The number of hydrogen-bond donors (Lipinski definition) is 1. The van der Waals surface area contributed by atoms with E-state index < -0.39 is 0 Å². The van der Waals surface area contributed by atoms with Crippen molar-refractivity contribution >= 4 is 0 Å². The minimum Gasteiger partial charge on any atom is -0.327 e. The maximum atomic E-state index is 6.11. The third kappa shape index (κ3) is 1.54. The first-order valence-corrected chi connectivity index (χ1v) is 5.31. The van der Waals surface area contributed by atoms with Gasteiger partial charge in [-0.3, -0.25) is 0 Å². The van der Waals surface area contributed by atoms with Gasteiger partial charge in [0.2, 0.25) is 0 Å². The summed E-state index contributed by atoms with van der Waals surface area (Å²) in [6, 6.07) is 0.269. The maximum Gasteiger partial charge on any atom is 0.137 e. The summed E-state index contributed by atoms with van der Waals surface area (Å²) < 4.78 is 2.07. The molecule has 1 aromatic heterocycles. The third-order valence-corrected chi connectivity index (χ3v) is 3.28. The van der Waals surface area contributed by atoms with E-state index in [1.54, 1.807) is 0 Å². The van der Waals surface area contributed by atoms with Crippen LogP contribution in [0.25, 0.3) is 0 Å². The van der Waals surface area contributed by atoms with Crippen LogP contribution in [0, 0.1) is 6.92 Å². The minimum absolute atomic E-state index is 0.269. The van der Waals surface area contributed by atoms with Crippen LogP contribution in [0.2, 0.25) is 0 Å². The van der Waals surface area contributed by atoms with Crippen molar-refractivity contribution in [3.8, 4) is 0 Å². The van der Waals surface area contributed by atoms with E-state index in [2.05, 4.69) is 14.8 Å². The van der Waals surface area contributed by atoms with Gasteiger partial charge in [-0.15, -0.1) is 10.2 Å². The van der Waals surface area contributed by atoms with Gasteiger partial charge in [0, 0.05) is 19.0 Å². The molecule has 4 heteroatoms. The summed E-state index contributed by atoms with van der Waals surface area (Å²) in [7, 11) is 2.02. The van der Waals surface area contributed by atoms with Crippen molar-refractivity contribution < 1.29 is 0 Å². The van der Waals surface area contributed by atoms with Crippen LogP contribution < -0.4 is 5.73 Å². The Kier molecular flexibility index (Phi) is 2.54. The molecule has 1 aromatic rings. The predicted octanol–water partition coefficient (Wildman–Crippen LogP) is 1.11. The van der Waals surface area contributed by atoms with Gasteiger partial charge in [0.05, 0.1) is 0 Å². The number of aryl methyl sites for hydroxylation is 1. The fraction of sp³-hybridized carbons (Fsp3) is 0.800. The lowest BCUT2D eigenvalue weighted by Crippen LogP contribution is -2.33. The van der Waals surface area contributed by atoms with E-state index in [0.29, 0.717) is 5.92 Å². The molecule has 0 amide bonds. The SMILES string of the molecule is Cc1nnc(C2CCCCC2N)n1C. The highest BCUT2D eigenvalue weighted by molar-refractivity contribution is 5.05. The number of nitrogens with two attached hydrogens (primary N) is 1. The van der Waals surface area contributed by atoms with E-state index >= 15 is 0 Å². The molecule has 78 valence electrons. The highest BCUT2D eigenvalue weighted by atomic mass is 15.3. The van der Waals surface area contributed by atoms with E-state index in [9.17, 15) is 0 Å². The van der Waals surface area contributed by atoms with Crippen LogP contribution in [0.15, 0.2) is 0 Å². The number of hydrogen-bond acceptors (Lipinski definition) is 3.